The molecule has 0 unspecified atom stereocenters. The van der Waals surface area contributed by atoms with Gasteiger partial charge in [-0.1, -0.05) is 12.8 Å². The topological polar surface area (TPSA) is 161 Å². The number of amides is 2. The van der Waals surface area contributed by atoms with Gasteiger partial charge >= 0.3 is 0 Å². The van der Waals surface area contributed by atoms with Crippen LogP contribution >= 0.6 is 0 Å². The van der Waals surface area contributed by atoms with Gasteiger partial charge < -0.3 is 33.2 Å². The number of hydrogen-bond acceptors (Lipinski definition) is 5. The second-order valence-corrected chi connectivity index (χ2v) is 6.87. The Morgan fingerprint density at radius 2 is 1.25 bits per heavy atom. The van der Waals surface area contributed by atoms with Crippen LogP contribution in [0.25, 0.3) is 0 Å². The van der Waals surface area contributed by atoms with E-state index in [1.807, 2.05) is 0 Å². The van der Waals surface area contributed by atoms with E-state index in [9.17, 15) is 9.59 Å². The first-order valence-electron chi connectivity index (χ1n) is 10.6. The normalized spacial score (nSPS) is 10.5. The van der Waals surface area contributed by atoms with E-state index in [0.29, 0.717) is 45.4 Å². The van der Waals surface area contributed by atoms with Crippen LogP contribution in [0, 0.1) is 0 Å². The lowest BCUT2D eigenvalue weighted by Gasteiger charge is -2.07. The molecule has 9 nitrogen and oxygen atoms in total. The van der Waals surface area contributed by atoms with Crippen molar-refractivity contribution < 1.29 is 9.59 Å². The summed E-state index contributed by atoms with van der Waals surface area (Å²) in [7, 11) is 0. The Labute approximate surface area is 169 Å². The summed E-state index contributed by atoms with van der Waals surface area (Å²) in [6, 6.07) is 0. The Hall–Kier alpha value is -1.87. The first-order valence-corrected chi connectivity index (χ1v) is 10.6. The van der Waals surface area contributed by atoms with Crippen LogP contribution in [0.15, 0.2) is 4.99 Å². The maximum Gasteiger partial charge on any atom is 0.220 e. The summed E-state index contributed by atoms with van der Waals surface area (Å²) < 4.78 is 0. The molecule has 0 aromatic rings. The van der Waals surface area contributed by atoms with Crippen molar-refractivity contribution in [2.24, 2.45) is 22.2 Å². The Bertz CT molecular complexity index is 427. The van der Waals surface area contributed by atoms with Crippen molar-refractivity contribution in [3.05, 3.63) is 0 Å². The molecule has 0 saturated carbocycles. The van der Waals surface area contributed by atoms with Crippen molar-refractivity contribution in [2.75, 3.05) is 39.3 Å². The van der Waals surface area contributed by atoms with E-state index >= 15 is 0 Å². The monoisotopic (exact) mass is 399 g/mol. The number of nitrogens with zero attached hydrogens (tertiary/aromatic N) is 1. The van der Waals surface area contributed by atoms with Gasteiger partial charge in [0.15, 0.2) is 5.96 Å². The predicted octanol–water partition coefficient (Wildman–Crippen LogP) is -0.0585. The maximum absolute atomic E-state index is 11.7. The number of nitrogens with one attached hydrogen (secondary N) is 3. The fourth-order valence-electron chi connectivity index (χ4n) is 2.57. The minimum Gasteiger partial charge on any atom is -0.370 e. The van der Waals surface area contributed by atoms with Crippen molar-refractivity contribution in [1.82, 2.24) is 16.0 Å². The SMILES string of the molecule is NCCCNCCCCNC(=O)CCCNC(=O)CCCCCCN=C(N)N. The first-order chi connectivity index (χ1) is 13.6. The molecule has 0 aliphatic heterocycles. The van der Waals surface area contributed by atoms with Gasteiger partial charge in [-0.3, -0.25) is 14.6 Å². The Morgan fingerprint density at radius 1 is 0.679 bits per heavy atom. The van der Waals surface area contributed by atoms with E-state index in [0.717, 1.165) is 58.0 Å². The summed E-state index contributed by atoms with van der Waals surface area (Å²) in [6.45, 7) is 4.51. The van der Waals surface area contributed by atoms with Gasteiger partial charge in [-0.15, -0.1) is 0 Å². The van der Waals surface area contributed by atoms with Gasteiger partial charge in [-0.25, -0.2) is 0 Å². The molecule has 0 aliphatic rings. The summed E-state index contributed by atoms with van der Waals surface area (Å²) >= 11 is 0. The number of hydrogen-bond donors (Lipinski definition) is 6. The predicted molar refractivity (Wildman–Crippen MR) is 115 cm³/mol. The molecule has 2 amide bonds. The van der Waals surface area contributed by atoms with Crippen molar-refractivity contribution >= 4 is 17.8 Å². The lowest BCUT2D eigenvalue weighted by Crippen LogP contribution is -2.28. The standard InChI is InChI=1S/C19H41N7O2/c20-11-8-13-23-12-5-6-14-24-18(28)10-7-16-25-17(27)9-3-1-2-4-15-26-19(21)22/h23H,1-16,20H2,(H,24,28)(H,25,27)(H4,21,22,26). The van der Waals surface area contributed by atoms with Crippen LogP contribution in [0.2, 0.25) is 0 Å². The van der Waals surface area contributed by atoms with E-state index in [-0.39, 0.29) is 17.8 Å². The highest BCUT2D eigenvalue weighted by Crippen LogP contribution is 2.03. The zero-order valence-electron chi connectivity index (χ0n) is 17.3. The summed E-state index contributed by atoms with van der Waals surface area (Å²) in [6.07, 6.45) is 8.40. The molecule has 164 valence electrons. The second-order valence-electron chi connectivity index (χ2n) is 6.87. The van der Waals surface area contributed by atoms with Crippen LogP contribution in [0.3, 0.4) is 0 Å². The molecule has 0 bridgehead atoms. The number of carbonyl (C=O) groups is 2. The molecule has 0 aromatic heterocycles. The fraction of sp³-hybridized carbons (Fsp3) is 0.842. The van der Waals surface area contributed by atoms with E-state index in [2.05, 4.69) is 20.9 Å². The average Bonchev–Trinajstić information content (AvgIpc) is 2.66. The molecule has 0 fully saturated rings. The minimum absolute atomic E-state index is 0.0473. The van der Waals surface area contributed by atoms with Crippen molar-refractivity contribution in [3.8, 4) is 0 Å². The summed E-state index contributed by atoms with van der Waals surface area (Å²) in [4.78, 5) is 27.4. The zero-order valence-corrected chi connectivity index (χ0v) is 17.3. The quantitative estimate of drug-likeness (QED) is 0.101. The van der Waals surface area contributed by atoms with E-state index in [4.69, 9.17) is 17.2 Å². The molecule has 0 heterocycles. The molecule has 0 radical (unpaired) electrons. The van der Waals surface area contributed by atoms with Gasteiger partial charge in [-0.2, -0.15) is 0 Å². The van der Waals surface area contributed by atoms with Gasteiger partial charge in [-0.05, 0) is 58.2 Å². The third-order valence-corrected chi connectivity index (χ3v) is 4.17. The number of guanidine groups is 1. The Balaban J connectivity index is 3.35. The number of unbranched alkanes of at least 4 members (excludes halogenated alkanes) is 4. The number of aliphatic imine (C=N–C) groups is 1. The number of nitrogens with two attached hydrogens (primary N) is 3. The van der Waals surface area contributed by atoms with Crippen LogP contribution in [-0.2, 0) is 9.59 Å². The van der Waals surface area contributed by atoms with Gasteiger partial charge in [0.05, 0.1) is 0 Å². The smallest absolute Gasteiger partial charge is 0.220 e. The largest absolute Gasteiger partial charge is 0.370 e. The molecule has 9 heteroatoms. The molecule has 28 heavy (non-hydrogen) atoms. The van der Waals surface area contributed by atoms with E-state index in [1.165, 1.54) is 0 Å². The van der Waals surface area contributed by atoms with Crippen molar-refractivity contribution in [1.29, 1.82) is 0 Å². The van der Waals surface area contributed by atoms with Gasteiger partial charge in [0.1, 0.15) is 0 Å². The highest BCUT2D eigenvalue weighted by atomic mass is 16.2. The zero-order chi connectivity index (χ0) is 20.9. The van der Waals surface area contributed by atoms with Crippen molar-refractivity contribution in [3.63, 3.8) is 0 Å². The first kappa shape index (κ1) is 26.1. The van der Waals surface area contributed by atoms with E-state index < -0.39 is 0 Å². The van der Waals surface area contributed by atoms with Crippen LogP contribution in [-0.4, -0.2) is 57.0 Å². The van der Waals surface area contributed by atoms with Crippen molar-refractivity contribution in [2.45, 2.75) is 64.2 Å². The van der Waals surface area contributed by atoms with Gasteiger partial charge in [0.2, 0.25) is 11.8 Å². The number of rotatable bonds is 19. The molecule has 9 N–H and O–H groups in total. The van der Waals surface area contributed by atoms with Crippen LogP contribution < -0.4 is 33.2 Å². The molecule has 0 spiro atoms. The average molecular weight is 400 g/mol. The van der Waals surface area contributed by atoms with Crippen LogP contribution in [0.5, 0.6) is 0 Å². The van der Waals surface area contributed by atoms with Crippen LogP contribution in [0.4, 0.5) is 0 Å². The molecular formula is C19H41N7O2. The van der Waals surface area contributed by atoms with Gasteiger partial charge in [0, 0.05) is 32.5 Å². The Kier molecular flexibility index (Phi) is 18.6. The summed E-state index contributed by atoms with van der Waals surface area (Å²) in [5.41, 5.74) is 15.9. The lowest BCUT2D eigenvalue weighted by atomic mass is 10.1. The lowest BCUT2D eigenvalue weighted by molar-refractivity contribution is -0.123. The molecule has 0 aliphatic carbocycles. The molecule has 0 saturated heterocycles. The maximum atomic E-state index is 11.7. The third-order valence-electron chi connectivity index (χ3n) is 4.17. The highest BCUT2D eigenvalue weighted by Gasteiger charge is 2.03. The third kappa shape index (κ3) is 20.4. The Morgan fingerprint density at radius 3 is 1.93 bits per heavy atom. The molecule has 0 atom stereocenters. The van der Waals surface area contributed by atoms with Gasteiger partial charge in [0.25, 0.3) is 0 Å². The number of carbonyl (C=O) groups excluding carboxylic acids is 2. The fourth-order valence-corrected chi connectivity index (χ4v) is 2.57. The molecule has 0 rings (SSSR count). The minimum atomic E-state index is 0.0473. The van der Waals surface area contributed by atoms with Crippen LogP contribution in [0.1, 0.15) is 64.2 Å². The van der Waals surface area contributed by atoms with E-state index in [1.54, 1.807) is 0 Å². The highest BCUT2D eigenvalue weighted by molar-refractivity contribution is 5.77. The summed E-state index contributed by atoms with van der Waals surface area (Å²) in [5.74, 6) is 0.220. The molecule has 0 aromatic carbocycles. The second kappa shape index (κ2) is 19.9. The summed E-state index contributed by atoms with van der Waals surface area (Å²) in [5, 5.41) is 9.09. The molecular weight excluding hydrogens is 358 g/mol.